The topological polar surface area (TPSA) is 82.7 Å². The van der Waals surface area contributed by atoms with Gasteiger partial charge in [-0.05, 0) is 24.3 Å². The van der Waals surface area contributed by atoms with Crippen molar-refractivity contribution in [3.63, 3.8) is 0 Å². The summed E-state index contributed by atoms with van der Waals surface area (Å²) in [4.78, 5) is 4.42. The van der Waals surface area contributed by atoms with Gasteiger partial charge in [0.05, 0.1) is 17.2 Å². The van der Waals surface area contributed by atoms with Gasteiger partial charge in [0, 0.05) is 18.7 Å². The van der Waals surface area contributed by atoms with E-state index in [1.807, 2.05) is 35.9 Å². The minimum absolute atomic E-state index is 0.00737. The van der Waals surface area contributed by atoms with E-state index in [1.165, 1.54) is 18.3 Å². The molecule has 3 aromatic rings. The molecule has 0 aliphatic rings. The van der Waals surface area contributed by atoms with E-state index in [0.29, 0.717) is 11.5 Å². The Morgan fingerprint density at radius 2 is 2.00 bits per heavy atom. The number of nitrogens with zero attached hydrogens (tertiary/aromatic N) is 3. The molecule has 0 bridgehead atoms. The molecule has 0 fully saturated rings. The lowest BCUT2D eigenvalue weighted by Gasteiger charge is -2.01. The highest BCUT2D eigenvalue weighted by Crippen LogP contribution is 2.21. The van der Waals surface area contributed by atoms with Crippen molar-refractivity contribution in [3.05, 3.63) is 48.0 Å². The summed E-state index contributed by atoms with van der Waals surface area (Å²) in [6, 6.07) is 12.1. The van der Waals surface area contributed by atoms with Crippen molar-refractivity contribution >= 4 is 23.2 Å². The summed E-state index contributed by atoms with van der Waals surface area (Å²) in [5.41, 5.74) is 5.22. The first-order valence-electron chi connectivity index (χ1n) is 6.37. The average molecular weight is 282 g/mol. The van der Waals surface area contributed by atoms with E-state index in [0.717, 1.165) is 11.0 Å². The number of hydrazone groups is 1. The Hall–Kier alpha value is -3.02. The van der Waals surface area contributed by atoms with Crippen LogP contribution in [0.25, 0.3) is 11.0 Å². The highest BCUT2D eigenvalue weighted by atomic mass is 16.3. The third-order valence-electron chi connectivity index (χ3n) is 3.17. The van der Waals surface area contributed by atoms with Gasteiger partial charge in [-0.15, -0.1) is 0 Å². The van der Waals surface area contributed by atoms with Crippen LogP contribution in [0.1, 0.15) is 5.56 Å². The Kier molecular flexibility index (Phi) is 3.19. The van der Waals surface area contributed by atoms with Gasteiger partial charge in [0.15, 0.2) is 0 Å². The van der Waals surface area contributed by atoms with E-state index in [-0.39, 0.29) is 11.5 Å². The number of anilines is 1. The molecular weight excluding hydrogens is 268 g/mol. The molecule has 1 heterocycles. The largest absolute Gasteiger partial charge is 0.508 e. The van der Waals surface area contributed by atoms with E-state index in [4.69, 9.17) is 0 Å². The van der Waals surface area contributed by atoms with Gasteiger partial charge < -0.3 is 14.8 Å². The maximum atomic E-state index is 9.66. The van der Waals surface area contributed by atoms with Crippen molar-refractivity contribution in [2.75, 3.05) is 5.43 Å². The number of fused-ring (bicyclic) bond motifs is 1. The molecular formula is C15H14N4O2. The number of para-hydroxylation sites is 2. The van der Waals surface area contributed by atoms with E-state index in [2.05, 4.69) is 15.5 Å². The molecule has 6 heteroatoms. The number of nitrogens with one attached hydrogen (secondary N) is 1. The van der Waals surface area contributed by atoms with Crippen LogP contribution in [0.3, 0.4) is 0 Å². The number of aromatic nitrogens is 2. The molecule has 0 aliphatic heterocycles. The average Bonchev–Trinajstić information content (AvgIpc) is 2.79. The summed E-state index contributed by atoms with van der Waals surface area (Å²) in [7, 11) is 1.89. The minimum atomic E-state index is -0.0365. The Morgan fingerprint density at radius 1 is 1.19 bits per heavy atom. The molecule has 21 heavy (non-hydrogen) atoms. The molecule has 3 N–H and O–H groups in total. The van der Waals surface area contributed by atoms with Crippen LogP contribution in [0.5, 0.6) is 11.5 Å². The zero-order chi connectivity index (χ0) is 14.8. The lowest BCUT2D eigenvalue weighted by atomic mass is 10.2. The molecule has 0 saturated heterocycles. The number of hydrogen-bond acceptors (Lipinski definition) is 5. The molecule has 3 rings (SSSR count). The van der Waals surface area contributed by atoms with Crippen molar-refractivity contribution in [2.24, 2.45) is 12.1 Å². The second-order valence-corrected chi connectivity index (χ2v) is 4.60. The smallest absolute Gasteiger partial charge is 0.224 e. The Labute approximate surface area is 121 Å². The Balaban J connectivity index is 1.83. The van der Waals surface area contributed by atoms with Crippen molar-refractivity contribution in [2.45, 2.75) is 0 Å². The maximum absolute atomic E-state index is 9.66. The fourth-order valence-corrected chi connectivity index (χ4v) is 2.05. The van der Waals surface area contributed by atoms with Crippen molar-refractivity contribution in [1.29, 1.82) is 0 Å². The quantitative estimate of drug-likeness (QED) is 0.509. The Bertz CT molecular complexity index is 824. The second-order valence-electron chi connectivity index (χ2n) is 4.60. The van der Waals surface area contributed by atoms with Crippen LogP contribution in [0, 0.1) is 0 Å². The molecule has 1 aromatic heterocycles. The van der Waals surface area contributed by atoms with Crippen LogP contribution in [-0.2, 0) is 7.05 Å². The summed E-state index contributed by atoms with van der Waals surface area (Å²) in [5, 5.41) is 22.9. The van der Waals surface area contributed by atoms with Gasteiger partial charge in [-0.3, -0.25) is 0 Å². The zero-order valence-corrected chi connectivity index (χ0v) is 11.4. The molecule has 0 saturated carbocycles. The number of rotatable bonds is 3. The van der Waals surface area contributed by atoms with Crippen LogP contribution in [0.4, 0.5) is 5.95 Å². The van der Waals surface area contributed by atoms with E-state index < -0.39 is 0 Å². The van der Waals surface area contributed by atoms with Crippen molar-refractivity contribution < 1.29 is 10.2 Å². The number of aryl methyl sites for hydroxylation is 1. The third-order valence-corrected chi connectivity index (χ3v) is 3.17. The van der Waals surface area contributed by atoms with Crippen molar-refractivity contribution in [1.82, 2.24) is 9.55 Å². The van der Waals surface area contributed by atoms with Crippen LogP contribution >= 0.6 is 0 Å². The number of phenols is 2. The molecule has 0 amide bonds. The van der Waals surface area contributed by atoms with Gasteiger partial charge in [0.25, 0.3) is 0 Å². The standard InChI is InChI=1S/C15H14N4O2/c1-19-13-5-3-2-4-12(13)17-15(19)18-16-9-10-6-7-11(20)8-14(10)21/h2-9,20-21H,1H3,(H,17,18). The normalized spacial score (nSPS) is 11.3. The maximum Gasteiger partial charge on any atom is 0.224 e. The van der Waals surface area contributed by atoms with Gasteiger partial charge in [-0.1, -0.05) is 12.1 Å². The predicted molar refractivity (Wildman–Crippen MR) is 81.7 cm³/mol. The molecule has 0 atom stereocenters. The van der Waals surface area contributed by atoms with Crippen LogP contribution in [0.15, 0.2) is 47.6 Å². The first kappa shape index (κ1) is 13.0. The van der Waals surface area contributed by atoms with Gasteiger partial charge >= 0.3 is 0 Å². The van der Waals surface area contributed by atoms with Crippen LogP contribution in [-0.4, -0.2) is 26.0 Å². The Morgan fingerprint density at radius 3 is 2.76 bits per heavy atom. The fraction of sp³-hybridized carbons (Fsp3) is 0.0667. The summed E-state index contributed by atoms with van der Waals surface area (Å²) >= 11 is 0. The summed E-state index contributed by atoms with van der Waals surface area (Å²) in [6.45, 7) is 0. The number of aromatic hydroxyl groups is 2. The lowest BCUT2D eigenvalue weighted by Crippen LogP contribution is -1.98. The van der Waals surface area contributed by atoms with Crippen LogP contribution < -0.4 is 5.43 Å². The molecule has 0 radical (unpaired) electrons. The number of hydrogen-bond donors (Lipinski definition) is 3. The zero-order valence-electron chi connectivity index (χ0n) is 11.4. The van der Waals surface area contributed by atoms with Gasteiger partial charge in [0.2, 0.25) is 5.95 Å². The highest BCUT2D eigenvalue weighted by molar-refractivity contribution is 5.84. The highest BCUT2D eigenvalue weighted by Gasteiger charge is 2.05. The monoisotopic (exact) mass is 282 g/mol. The van der Waals surface area contributed by atoms with Gasteiger partial charge in [0.1, 0.15) is 11.5 Å². The van der Waals surface area contributed by atoms with Gasteiger partial charge in [-0.2, -0.15) is 5.10 Å². The number of phenolic OH excluding ortho intramolecular Hbond substituents is 2. The molecule has 6 nitrogen and oxygen atoms in total. The molecule has 2 aromatic carbocycles. The fourth-order valence-electron chi connectivity index (χ4n) is 2.05. The number of imidazole rings is 1. The number of benzene rings is 2. The second kappa shape index (κ2) is 5.16. The van der Waals surface area contributed by atoms with Crippen LogP contribution in [0.2, 0.25) is 0 Å². The van der Waals surface area contributed by atoms with E-state index in [9.17, 15) is 10.2 Å². The van der Waals surface area contributed by atoms with E-state index >= 15 is 0 Å². The SMILES string of the molecule is Cn1c(NN=Cc2ccc(O)cc2O)nc2ccccc21. The summed E-state index contributed by atoms with van der Waals surface area (Å²) in [5.74, 6) is 0.573. The van der Waals surface area contributed by atoms with E-state index in [1.54, 1.807) is 6.07 Å². The predicted octanol–water partition coefficient (Wildman–Crippen LogP) is 2.43. The molecule has 0 unspecified atom stereocenters. The summed E-state index contributed by atoms with van der Waals surface area (Å²) in [6.07, 6.45) is 1.47. The molecule has 0 spiro atoms. The lowest BCUT2D eigenvalue weighted by molar-refractivity contribution is 0.450. The first-order chi connectivity index (χ1) is 10.1. The minimum Gasteiger partial charge on any atom is -0.508 e. The molecule has 106 valence electrons. The summed E-state index contributed by atoms with van der Waals surface area (Å²) < 4.78 is 1.89. The van der Waals surface area contributed by atoms with Crippen molar-refractivity contribution in [3.8, 4) is 11.5 Å². The molecule has 0 aliphatic carbocycles. The van der Waals surface area contributed by atoms with Gasteiger partial charge in [-0.25, -0.2) is 10.4 Å². The first-order valence-corrected chi connectivity index (χ1v) is 6.37. The third kappa shape index (κ3) is 2.51.